The number of pyridine rings is 1. The zero-order valence-corrected chi connectivity index (χ0v) is 9.13. The maximum Gasteiger partial charge on any atom is 0.281 e. The molecular formula is C9H7BrF2N2O. The summed E-state index contributed by atoms with van der Waals surface area (Å²) < 4.78 is 24.9. The van der Waals surface area contributed by atoms with Crippen LogP contribution in [0.25, 0.3) is 0 Å². The van der Waals surface area contributed by atoms with E-state index >= 15 is 0 Å². The molecule has 0 aliphatic carbocycles. The smallest absolute Gasteiger partial charge is 0.281 e. The lowest BCUT2D eigenvalue weighted by Crippen LogP contribution is -2.04. The molecule has 0 saturated heterocycles. The van der Waals surface area contributed by atoms with Crippen LogP contribution in [0.2, 0.25) is 0 Å². The summed E-state index contributed by atoms with van der Waals surface area (Å²) in [5.41, 5.74) is -0.0613. The fraction of sp³-hybridized carbons (Fsp3) is 0.333. The van der Waals surface area contributed by atoms with Gasteiger partial charge in [0, 0.05) is 17.1 Å². The van der Waals surface area contributed by atoms with Crippen molar-refractivity contribution < 1.29 is 13.9 Å². The number of halogens is 3. The summed E-state index contributed by atoms with van der Waals surface area (Å²) >= 11 is 3.13. The van der Waals surface area contributed by atoms with Crippen molar-refractivity contribution in [2.45, 2.75) is 18.4 Å². The van der Waals surface area contributed by atoms with Crippen LogP contribution in [0, 0.1) is 11.3 Å². The molecule has 1 N–H and O–H groups in total. The SMILES string of the molecule is N#Cc1c(C(F)F)ncc(CBr)c1CO. The van der Waals surface area contributed by atoms with E-state index in [1.807, 2.05) is 0 Å². The van der Waals surface area contributed by atoms with Crippen LogP contribution < -0.4 is 0 Å². The first-order valence-corrected chi connectivity index (χ1v) is 5.13. The molecule has 0 spiro atoms. The highest BCUT2D eigenvalue weighted by Gasteiger charge is 2.19. The monoisotopic (exact) mass is 276 g/mol. The molecule has 0 amide bonds. The minimum atomic E-state index is -2.81. The van der Waals surface area contributed by atoms with E-state index in [1.54, 1.807) is 6.07 Å². The average Bonchev–Trinajstić information content (AvgIpc) is 2.26. The summed E-state index contributed by atoms with van der Waals surface area (Å²) in [4.78, 5) is 3.51. The number of nitriles is 1. The summed E-state index contributed by atoms with van der Waals surface area (Å²) in [6, 6.07) is 1.65. The van der Waals surface area contributed by atoms with E-state index in [0.717, 1.165) is 0 Å². The van der Waals surface area contributed by atoms with Crippen LogP contribution in [0.5, 0.6) is 0 Å². The van der Waals surface area contributed by atoms with Gasteiger partial charge in [0.15, 0.2) is 0 Å². The molecule has 0 unspecified atom stereocenters. The van der Waals surface area contributed by atoms with Gasteiger partial charge < -0.3 is 5.11 Å². The van der Waals surface area contributed by atoms with Crippen LogP contribution in [0.1, 0.15) is 28.8 Å². The van der Waals surface area contributed by atoms with Gasteiger partial charge in [-0.3, -0.25) is 4.98 Å². The fourth-order valence-corrected chi connectivity index (χ4v) is 1.67. The van der Waals surface area contributed by atoms with E-state index in [1.165, 1.54) is 6.20 Å². The second-order valence-electron chi connectivity index (χ2n) is 2.73. The summed E-state index contributed by atoms with van der Waals surface area (Å²) in [5, 5.41) is 18.1. The minimum absolute atomic E-state index is 0.208. The maximum absolute atomic E-state index is 12.5. The lowest BCUT2D eigenvalue weighted by atomic mass is 10.0. The number of aliphatic hydroxyl groups excluding tert-OH is 1. The van der Waals surface area contributed by atoms with Crippen LogP contribution in [-0.4, -0.2) is 10.1 Å². The Morgan fingerprint density at radius 1 is 1.60 bits per heavy atom. The lowest BCUT2D eigenvalue weighted by Gasteiger charge is -2.09. The number of nitrogens with zero attached hydrogens (tertiary/aromatic N) is 2. The van der Waals surface area contributed by atoms with Crippen molar-refractivity contribution in [1.82, 2.24) is 4.98 Å². The molecule has 1 aromatic heterocycles. The number of aromatic nitrogens is 1. The number of rotatable bonds is 3. The van der Waals surface area contributed by atoms with E-state index < -0.39 is 18.7 Å². The molecule has 0 aromatic carbocycles. The highest BCUT2D eigenvalue weighted by molar-refractivity contribution is 9.08. The van der Waals surface area contributed by atoms with Gasteiger partial charge in [0.2, 0.25) is 0 Å². The van der Waals surface area contributed by atoms with Crippen LogP contribution in [0.15, 0.2) is 6.20 Å². The van der Waals surface area contributed by atoms with Gasteiger partial charge in [-0.2, -0.15) is 5.26 Å². The Morgan fingerprint density at radius 3 is 2.67 bits per heavy atom. The Kier molecular flexibility index (Phi) is 4.12. The van der Waals surface area contributed by atoms with E-state index in [4.69, 9.17) is 10.4 Å². The van der Waals surface area contributed by atoms with Crippen molar-refractivity contribution in [3.05, 3.63) is 28.6 Å². The van der Waals surface area contributed by atoms with Crippen LogP contribution in [0.3, 0.4) is 0 Å². The molecular weight excluding hydrogens is 270 g/mol. The summed E-state index contributed by atoms with van der Waals surface area (Å²) in [6.45, 7) is -0.452. The Bertz CT molecular complexity index is 404. The summed E-state index contributed by atoms with van der Waals surface area (Å²) in [5.74, 6) is 0. The third kappa shape index (κ3) is 2.30. The molecule has 15 heavy (non-hydrogen) atoms. The Morgan fingerprint density at radius 2 is 2.27 bits per heavy atom. The molecule has 1 heterocycles. The molecule has 0 fully saturated rings. The van der Waals surface area contributed by atoms with Gasteiger partial charge in [-0.25, -0.2) is 8.78 Å². The lowest BCUT2D eigenvalue weighted by molar-refractivity contribution is 0.145. The van der Waals surface area contributed by atoms with Gasteiger partial charge in [-0.15, -0.1) is 0 Å². The molecule has 80 valence electrons. The highest BCUT2D eigenvalue weighted by atomic mass is 79.9. The highest BCUT2D eigenvalue weighted by Crippen LogP contribution is 2.25. The van der Waals surface area contributed by atoms with Crippen molar-refractivity contribution in [3.8, 4) is 6.07 Å². The largest absolute Gasteiger partial charge is 0.392 e. The van der Waals surface area contributed by atoms with Crippen molar-refractivity contribution in [1.29, 1.82) is 5.26 Å². The van der Waals surface area contributed by atoms with Gasteiger partial charge in [-0.1, -0.05) is 15.9 Å². The van der Waals surface area contributed by atoms with Gasteiger partial charge in [-0.05, 0) is 5.56 Å². The molecule has 1 rings (SSSR count). The zero-order chi connectivity index (χ0) is 11.4. The number of hydrogen-bond donors (Lipinski definition) is 1. The molecule has 6 heteroatoms. The predicted octanol–water partition coefficient (Wildman–Crippen LogP) is 2.28. The molecule has 1 aromatic rings. The minimum Gasteiger partial charge on any atom is -0.392 e. The molecule has 0 aliphatic heterocycles. The number of aliphatic hydroxyl groups is 1. The van der Waals surface area contributed by atoms with Crippen molar-refractivity contribution in [3.63, 3.8) is 0 Å². The second-order valence-corrected chi connectivity index (χ2v) is 3.29. The standard InChI is InChI=1S/C9H7BrF2N2O/c10-1-5-3-14-8(9(11)12)6(2-13)7(5)4-15/h3,9,15H,1,4H2. The molecule has 0 atom stereocenters. The summed E-state index contributed by atoms with van der Waals surface area (Å²) in [6.07, 6.45) is -1.57. The normalized spacial score (nSPS) is 10.4. The summed E-state index contributed by atoms with van der Waals surface area (Å²) in [7, 11) is 0. The Balaban J connectivity index is 3.43. The van der Waals surface area contributed by atoms with E-state index in [9.17, 15) is 8.78 Å². The molecule has 0 bridgehead atoms. The van der Waals surface area contributed by atoms with Crippen molar-refractivity contribution >= 4 is 15.9 Å². The van der Waals surface area contributed by atoms with Crippen molar-refractivity contribution in [2.24, 2.45) is 0 Å². The fourth-order valence-electron chi connectivity index (χ4n) is 1.19. The van der Waals surface area contributed by atoms with E-state index in [2.05, 4.69) is 20.9 Å². The molecule has 0 saturated carbocycles. The van der Waals surface area contributed by atoms with Crippen LogP contribution in [-0.2, 0) is 11.9 Å². The van der Waals surface area contributed by atoms with Crippen molar-refractivity contribution in [2.75, 3.05) is 0 Å². The zero-order valence-electron chi connectivity index (χ0n) is 7.54. The first-order valence-electron chi connectivity index (χ1n) is 4.01. The number of alkyl halides is 3. The van der Waals surface area contributed by atoms with Gasteiger partial charge in [0.1, 0.15) is 11.8 Å². The van der Waals surface area contributed by atoms with Gasteiger partial charge >= 0.3 is 0 Å². The Labute approximate surface area is 93.5 Å². The van der Waals surface area contributed by atoms with Crippen LogP contribution in [0.4, 0.5) is 8.78 Å². The molecule has 3 nitrogen and oxygen atoms in total. The second kappa shape index (κ2) is 5.14. The predicted molar refractivity (Wildman–Crippen MR) is 52.5 cm³/mol. The maximum atomic E-state index is 12.5. The molecule has 0 radical (unpaired) electrons. The first kappa shape index (κ1) is 12.0. The van der Waals surface area contributed by atoms with Gasteiger partial charge in [0.25, 0.3) is 6.43 Å². The topological polar surface area (TPSA) is 56.9 Å². The molecule has 0 aliphatic rings. The van der Waals surface area contributed by atoms with E-state index in [0.29, 0.717) is 10.9 Å². The Hall–Kier alpha value is -1.06. The first-order chi connectivity index (χ1) is 7.15. The van der Waals surface area contributed by atoms with E-state index in [-0.39, 0.29) is 11.1 Å². The average molecular weight is 277 g/mol. The van der Waals surface area contributed by atoms with Crippen LogP contribution >= 0.6 is 15.9 Å². The third-order valence-corrected chi connectivity index (χ3v) is 2.53. The quantitative estimate of drug-likeness (QED) is 0.862. The number of hydrogen-bond acceptors (Lipinski definition) is 3. The van der Waals surface area contributed by atoms with Gasteiger partial charge in [0.05, 0.1) is 12.2 Å². The third-order valence-electron chi connectivity index (χ3n) is 1.93.